The van der Waals surface area contributed by atoms with Gasteiger partial charge in [0.15, 0.2) is 0 Å². The molecule has 2 aromatic rings. The number of benzene rings is 2. The summed E-state index contributed by atoms with van der Waals surface area (Å²) in [5, 5.41) is 3.14. The first-order valence-electron chi connectivity index (χ1n) is 8.67. The molecule has 1 aliphatic rings. The lowest BCUT2D eigenvalue weighted by molar-refractivity contribution is 0.0905. The molecule has 0 spiro atoms. The van der Waals surface area contributed by atoms with E-state index in [4.69, 9.17) is 4.74 Å². The second-order valence-electron chi connectivity index (χ2n) is 6.26. The summed E-state index contributed by atoms with van der Waals surface area (Å²) < 4.78 is 6.83. The van der Waals surface area contributed by atoms with Crippen molar-refractivity contribution in [3.8, 4) is 5.75 Å². The molecule has 0 bridgehead atoms. The van der Waals surface area contributed by atoms with Crippen molar-refractivity contribution in [1.82, 2.24) is 10.2 Å². The Labute approximate surface area is 157 Å². The van der Waals surface area contributed by atoms with Crippen molar-refractivity contribution in [2.24, 2.45) is 0 Å². The van der Waals surface area contributed by atoms with E-state index >= 15 is 0 Å². The van der Waals surface area contributed by atoms with Crippen LogP contribution < -0.4 is 10.1 Å². The van der Waals surface area contributed by atoms with Gasteiger partial charge in [-0.15, -0.1) is 0 Å². The second-order valence-corrected chi connectivity index (χ2v) is 7.18. The van der Waals surface area contributed by atoms with E-state index < -0.39 is 0 Å². The largest absolute Gasteiger partial charge is 0.492 e. The number of ether oxygens (including phenoxy) is 1. The summed E-state index contributed by atoms with van der Waals surface area (Å²) in [4.78, 5) is 14.6. The van der Waals surface area contributed by atoms with Crippen molar-refractivity contribution >= 4 is 21.8 Å². The minimum Gasteiger partial charge on any atom is -0.492 e. The third-order valence-corrected chi connectivity index (χ3v) is 4.92. The molecule has 1 fully saturated rings. The molecule has 1 amide bonds. The number of hydrogen-bond donors (Lipinski definition) is 1. The lowest BCUT2D eigenvalue weighted by Gasteiger charge is -2.32. The Balaban J connectivity index is 1.36. The zero-order valence-electron chi connectivity index (χ0n) is 14.2. The molecule has 0 aliphatic carbocycles. The van der Waals surface area contributed by atoms with Crippen LogP contribution in [0.25, 0.3) is 0 Å². The highest BCUT2D eigenvalue weighted by Crippen LogP contribution is 2.18. The topological polar surface area (TPSA) is 41.6 Å². The summed E-state index contributed by atoms with van der Waals surface area (Å²) in [5.74, 6) is 0.913. The van der Waals surface area contributed by atoms with E-state index in [1.54, 1.807) is 0 Å². The van der Waals surface area contributed by atoms with Crippen LogP contribution in [0.15, 0.2) is 59.1 Å². The van der Waals surface area contributed by atoms with Gasteiger partial charge in [0.2, 0.25) is 0 Å². The fraction of sp³-hybridized carbons (Fsp3) is 0.350. The Bertz CT molecular complexity index is 685. The number of amides is 1. The maximum atomic E-state index is 12.2. The Morgan fingerprint density at radius 1 is 1.12 bits per heavy atom. The molecule has 132 valence electrons. The van der Waals surface area contributed by atoms with Crippen LogP contribution in [0.3, 0.4) is 0 Å². The van der Waals surface area contributed by atoms with E-state index in [2.05, 4.69) is 26.1 Å². The third-order valence-electron chi connectivity index (χ3n) is 4.43. The van der Waals surface area contributed by atoms with Crippen LogP contribution in [0.4, 0.5) is 0 Å². The van der Waals surface area contributed by atoms with Crippen LogP contribution in [-0.2, 0) is 0 Å². The first-order chi connectivity index (χ1) is 12.2. The molecule has 3 rings (SSSR count). The van der Waals surface area contributed by atoms with Crippen molar-refractivity contribution in [3.63, 3.8) is 0 Å². The number of rotatable bonds is 6. The van der Waals surface area contributed by atoms with E-state index in [1.807, 2.05) is 54.6 Å². The van der Waals surface area contributed by atoms with Gasteiger partial charge in [0.1, 0.15) is 12.4 Å². The van der Waals surface area contributed by atoms with Crippen molar-refractivity contribution in [2.75, 3.05) is 26.2 Å². The quantitative estimate of drug-likeness (QED) is 0.800. The molecule has 2 aromatic carbocycles. The van der Waals surface area contributed by atoms with Gasteiger partial charge in [-0.05, 0) is 43.2 Å². The van der Waals surface area contributed by atoms with Gasteiger partial charge in [0, 0.05) is 35.7 Å². The molecule has 1 saturated heterocycles. The number of nitrogens with zero attached hydrogens (tertiary/aromatic N) is 1. The minimum absolute atomic E-state index is 0.0250. The molecule has 0 saturated carbocycles. The SMILES string of the molecule is O=C(NC1CCN(CCOc2cccc(Br)c2)CC1)c1ccccc1. The smallest absolute Gasteiger partial charge is 0.251 e. The van der Waals surface area contributed by atoms with Gasteiger partial charge < -0.3 is 10.1 Å². The van der Waals surface area contributed by atoms with Crippen molar-refractivity contribution in [1.29, 1.82) is 0 Å². The van der Waals surface area contributed by atoms with Crippen LogP contribution in [0, 0.1) is 0 Å². The van der Waals surface area contributed by atoms with Gasteiger partial charge in [0.25, 0.3) is 5.91 Å². The van der Waals surface area contributed by atoms with E-state index in [0.717, 1.165) is 48.3 Å². The predicted molar refractivity (Wildman–Crippen MR) is 103 cm³/mol. The van der Waals surface area contributed by atoms with Crippen LogP contribution in [0.5, 0.6) is 5.75 Å². The Morgan fingerprint density at radius 2 is 1.88 bits per heavy atom. The molecule has 4 nitrogen and oxygen atoms in total. The summed E-state index contributed by atoms with van der Waals surface area (Å²) >= 11 is 3.45. The molecule has 1 heterocycles. The van der Waals surface area contributed by atoms with Crippen LogP contribution in [0.2, 0.25) is 0 Å². The van der Waals surface area contributed by atoms with E-state index in [0.29, 0.717) is 6.61 Å². The van der Waals surface area contributed by atoms with Gasteiger partial charge in [-0.3, -0.25) is 9.69 Å². The maximum absolute atomic E-state index is 12.2. The van der Waals surface area contributed by atoms with E-state index in [9.17, 15) is 4.79 Å². The normalized spacial score (nSPS) is 15.7. The number of carbonyl (C=O) groups is 1. The summed E-state index contributed by atoms with van der Waals surface area (Å²) in [6.45, 7) is 3.56. The number of piperidine rings is 1. The first kappa shape index (κ1) is 18.0. The molecular weight excluding hydrogens is 380 g/mol. The molecule has 0 atom stereocenters. The third kappa shape index (κ3) is 5.58. The fourth-order valence-electron chi connectivity index (χ4n) is 3.01. The average molecular weight is 403 g/mol. The highest BCUT2D eigenvalue weighted by Gasteiger charge is 2.20. The van der Waals surface area contributed by atoms with Crippen molar-refractivity contribution in [3.05, 3.63) is 64.6 Å². The summed E-state index contributed by atoms with van der Waals surface area (Å²) in [6.07, 6.45) is 1.96. The van der Waals surface area contributed by atoms with Crippen molar-refractivity contribution < 1.29 is 9.53 Å². The van der Waals surface area contributed by atoms with Gasteiger partial charge >= 0.3 is 0 Å². The Morgan fingerprint density at radius 3 is 2.60 bits per heavy atom. The predicted octanol–water partition coefficient (Wildman–Crippen LogP) is 3.72. The molecule has 1 N–H and O–H groups in total. The van der Waals surface area contributed by atoms with Crippen molar-refractivity contribution in [2.45, 2.75) is 18.9 Å². The number of hydrogen-bond acceptors (Lipinski definition) is 3. The fourth-order valence-corrected chi connectivity index (χ4v) is 3.39. The Kier molecular flexibility index (Phi) is 6.48. The van der Waals surface area contributed by atoms with Crippen LogP contribution >= 0.6 is 15.9 Å². The molecule has 0 aromatic heterocycles. The first-order valence-corrected chi connectivity index (χ1v) is 9.46. The number of halogens is 1. The van der Waals surface area contributed by atoms with Crippen LogP contribution in [-0.4, -0.2) is 43.1 Å². The molecule has 25 heavy (non-hydrogen) atoms. The Hall–Kier alpha value is -1.85. The van der Waals surface area contributed by atoms with Gasteiger partial charge in [0.05, 0.1) is 0 Å². The molecule has 0 radical (unpaired) electrons. The minimum atomic E-state index is 0.0250. The molecule has 1 aliphatic heterocycles. The van der Waals surface area contributed by atoms with Crippen LogP contribution in [0.1, 0.15) is 23.2 Å². The number of likely N-dealkylation sites (tertiary alicyclic amines) is 1. The molecule has 0 unspecified atom stereocenters. The highest BCUT2D eigenvalue weighted by molar-refractivity contribution is 9.10. The summed E-state index contributed by atoms with van der Waals surface area (Å²) in [6, 6.07) is 17.6. The number of nitrogens with one attached hydrogen (secondary N) is 1. The highest BCUT2D eigenvalue weighted by atomic mass is 79.9. The van der Waals surface area contributed by atoms with Gasteiger partial charge in [-0.2, -0.15) is 0 Å². The summed E-state index contributed by atoms with van der Waals surface area (Å²) in [7, 11) is 0. The molecular formula is C20H23BrN2O2. The van der Waals surface area contributed by atoms with Gasteiger partial charge in [-0.25, -0.2) is 0 Å². The standard InChI is InChI=1S/C20H23BrN2O2/c21-17-7-4-8-19(15-17)25-14-13-23-11-9-18(10-12-23)22-20(24)16-5-2-1-3-6-16/h1-8,15,18H,9-14H2,(H,22,24). The lowest BCUT2D eigenvalue weighted by atomic mass is 10.0. The van der Waals surface area contributed by atoms with Gasteiger partial charge in [-0.1, -0.05) is 40.2 Å². The zero-order chi connectivity index (χ0) is 17.5. The lowest BCUT2D eigenvalue weighted by Crippen LogP contribution is -2.45. The number of carbonyl (C=O) groups excluding carboxylic acids is 1. The van der Waals surface area contributed by atoms with E-state index in [-0.39, 0.29) is 11.9 Å². The molecule has 5 heteroatoms. The summed E-state index contributed by atoms with van der Waals surface area (Å²) in [5.41, 5.74) is 0.729. The maximum Gasteiger partial charge on any atom is 0.251 e. The second kappa shape index (κ2) is 9.02. The monoisotopic (exact) mass is 402 g/mol. The van der Waals surface area contributed by atoms with E-state index in [1.165, 1.54) is 0 Å². The zero-order valence-corrected chi connectivity index (χ0v) is 15.7. The average Bonchev–Trinajstić information content (AvgIpc) is 2.64.